The Bertz CT molecular complexity index is 1400. The Kier molecular flexibility index (Phi) is 7.06. The van der Waals surface area contributed by atoms with Crippen LogP contribution in [0.2, 0.25) is 0 Å². The molecule has 184 valence electrons. The number of aromatic nitrogens is 2. The van der Waals surface area contributed by atoms with E-state index in [1.54, 1.807) is 6.92 Å². The molecule has 2 aromatic heterocycles. The van der Waals surface area contributed by atoms with Crippen LogP contribution in [-0.4, -0.2) is 45.9 Å². The average molecular weight is 501 g/mol. The van der Waals surface area contributed by atoms with Crippen LogP contribution in [0.4, 0.5) is 5.13 Å². The molecule has 0 bridgehead atoms. The second-order valence-corrected chi connectivity index (χ2v) is 9.75. The first kappa shape index (κ1) is 24.1. The minimum absolute atomic E-state index is 0.419. The second-order valence-electron chi connectivity index (χ2n) is 8.90. The standard InChI is InChI=1S/C28H28N4O3S/c1-3-14-32-15-13-23-21(16-32)25(20-11-7-8-12-22(20)29-23)27(34)35-18(2)26(33)31-28-30-24(17-36-28)19-9-5-4-6-10-19/h4-12,17-18H,3,13-16H2,1-2H3,(H,30,31,33). The summed E-state index contributed by atoms with van der Waals surface area (Å²) in [5, 5.41) is 5.88. The van der Waals surface area contributed by atoms with Crippen LogP contribution >= 0.6 is 11.3 Å². The van der Waals surface area contributed by atoms with Crippen LogP contribution < -0.4 is 5.32 Å². The van der Waals surface area contributed by atoms with Crippen molar-refractivity contribution in [1.29, 1.82) is 0 Å². The third-order valence-corrected chi connectivity index (χ3v) is 7.08. The van der Waals surface area contributed by atoms with E-state index in [-0.39, 0.29) is 0 Å². The lowest BCUT2D eigenvalue weighted by Crippen LogP contribution is -2.34. The van der Waals surface area contributed by atoms with Gasteiger partial charge in [-0.15, -0.1) is 11.3 Å². The number of fused-ring (bicyclic) bond motifs is 2. The van der Waals surface area contributed by atoms with E-state index >= 15 is 0 Å². The number of thiazole rings is 1. The smallest absolute Gasteiger partial charge is 0.339 e. The molecule has 0 saturated heterocycles. The predicted molar refractivity (Wildman–Crippen MR) is 142 cm³/mol. The molecule has 1 unspecified atom stereocenters. The van der Waals surface area contributed by atoms with Crippen molar-refractivity contribution in [3.8, 4) is 11.3 Å². The number of esters is 1. The monoisotopic (exact) mass is 500 g/mol. The highest BCUT2D eigenvalue weighted by atomic mass is 32.1. The van der Waals surface area contributed by atoms with Gasteiger partial charge in [0, 0.05) is 47.1 Å². The highest BCUT2D eigenvalue weighted by Gasteiger charge is 2.28. The summed E-state index contributed by atoms with van der Waals surface area (Å²) >= 11 is 1.33. The van der Waals surface area contributed by atoms with Crippen molar-refractivity contribution in [1.82, 2.24) is 14.9 Å². The van der Waals surface area contributed by atoms with Crippen molar-refractivity contribution in [3.05, 3.63) is 76.8 Å². The molecule has 5 rings (SSSR count). The summed E-state index contributed by atoms with van der Waals surface area (Å²) in [5.74, 6) is -0.924. The zero-order valence-corrected chi connectivity index (χ0v) is 21.2. The van der Waals surface area contributed by atoms with Crippen molar-refractivity contribution in [2.24, 2.45) is 0 Å². The van der Waals surface area contributed by atoms with Crippen molar-refractivity contribution in [2.75, 3.05) is 18.4 Å². The van der Waals surface area contributed by atoms with Crippen LogP contribution in [0.5, 0.6) is 0 Å². The molecule has 1 aliphatic rings. The van der Waals surface area contributed by atoms with Gasteiger partial charge in [0.25, 0.3) is 5.91 Å². The molecule has 0 saturated carbocycles. The second kappa shape index (κ2) is 10.6. The van der Waals surface area contributed by atoms with Gasteiger partial charge in [-0.3, -0.25) is 20.0 Å². The van der Waals surface area contributed by atoms with Crippen molar-refractivity contribution < 1.29 is 14.3 Å². The molecule has 7 nitrogen and oxygen atoms in total. The van der Waals surface area contributed by atoms with Gasteiger partial charge < -0.3 is 4.74 Å². The highest BCUT2D eigenvalue weighted by molar-refractivity contribution is 7.14. The molecule has 0 aliphatic carbocycles. The molecule has 1 aliphatic heterocycles. The lowest BCUT2D eigenvalue weighted by atomic mass is 9.95. The summed E-state index contributed by atoms with van der Waals surface area (Å²) < 4.78 is 5.71. The zero-order chi connectivity index (χ0) is 25.1. The maximum absolute atomic E-state index is 13.5. The number of pyridine rings is 1. The number of hydrogen-bond acceptors (Lipinski definition) is 7. The lowest BCUT2D eigenvalue weighted by molar-refractivity contribution is -0.123. The average Bonchev–Trinajstić information content (AvgIpc) is 3.36. The SMILES string of the molecule is CCCN1CCc2nc3ccccc3c(C(=O)OC(C)C(=O)Nc3nc(-c4ccccc4)cs3)c2C1. The lowest BCUT2D eigenvalue weighted by Gasteiger charge is -2.29. The maximum atomic E-state index is 13.5. The molecule has 36 heavy (non-hydrogen) atoms. The number of hydrogen-bond donors (Lipinski definition) is 1. The number of carbonyl (C=O) groups is 2. The Labute approximate surface area is 214 Å². The number of anilines is 1. The summed E-state index contributed by atoms with van der Waals surface area (Å²) in [6, 6.07) is 17.4. The van der Waals surface area contributed by atoms with Crippen LogP contribution in [-0.2, 0) is 22.5 Å². The summed E-state index contributed by atoms with van der Waals surface area (Å²) in [5.41, 5.74) is 4.86. The van der Waals surface area contributed by atoms with E-state index in [1.807, 2.05) is 60.0 Å². The molecule has 0 fully saturated rings. The highest BCUT2D eigenvalue weighted by Crippen LogP contribution is 2.29. The van der Waals surface area contributed by atoms with E-state index in [1.165, 1.54) is 11.3 Å². The van der Waals surface area contributed by atoms with E-state index in [2.05, 4.69) is 22.1 Å². The summed E-state index contributed by atoms with van der Waals surface area (Å²) in [4.78, 5) is 38.0. The van der Waals surface area contributed by atoms with Crippen molar-refractivity contribution >= 4 is 39.2 Å². The zero-order valence-electron chi connectivity index (χ0n) is 20.4. The predicted octanol–water partition coefficient (Wildman–Crippen LogP) is 5.31. The maximum Gasteiger partial charge on any atom is 0.339 e. The third kappa shape index (κ3) is 5.01. The van der Waals surface area contributed by atoms with Gasteiger partial charge in [0.1, 0.15) is 0 Å². The number of rotatable bonds is 7. The van der Waals surface area contributed by atoms with Gasteiger partial charge in [-0.25, -0.2) is 9.78 Å². The van der Waals surface area contributed by atoms with Gasteiger partial charge in [-0.2, -0.15) is 0 Å². The topological polar surface area (TPSA) is 84.4 Å². The van der Waals surface area contributed by atoms with Crippen LogP contribution in [0.15, 0.2) is 60.0 Å². The van der Waals surface area contributed by atoms with Crippen LogP contribution in [0, 0.1) is 0 Å². The Morgan fingerprint density at radius 3 is 2.69 bits per heavy atom. The van der Waals surface area contributed by atoms with Gasteiger partial charge in [-0.05, 0) is 26.0 Å². The van der Waals surface area contributed by atoms with Crippen molar-refractivity contribution in [3.63, 3.8) is 0 Å². The summed E-state index contributed by atoms with van der Waals surface area (Å²) in [7, 11) is 0. The fourth-order valence-electron chi connectivity index (χ4n) is 4.54. The number of nitrogens with zero attached hydrogens (tertiary/aromatic N) is 3. The van der Waals surface area contributed by atoms with E-state index in [9.17, 15) is 9.59 Å². The molecule has 0 spiro atoms. The van der Waals surface area contributed by atoms with E-state index in [0.717, 1.165) is 59.3 Å². The number of amides is 1. The van der Waals surface area contributed by atoms with Crippen LogP contribution in [0.25, 0.3) is 22.2 Å². The third-order valence-electron chi connectivity index (χ3n) is 6.33. The van der Waals surface area contributed by atoms with Crippen LogP contribution in [0.1, 0.15) is 41.9 Å². The first-order valence-corrected chi connectivity index (χ1v) is 13.1. The first-order valence-electron chi connectivity index (χ1n) is 12.2. The summed E-state index contributed by atoms with van der Waals surface area (Å²) in [6.07, 6.45) is 0.833. The number of carbonyl (C=O) groups excluding carboxylic acids is 2. The van der Waals surface area contributed by atoms with E-state index < -0.39 is 18.0 Å². The molecule has 8 heteroatoms. The normalized spacial score (nSPS) is 14.3. The van der Waals surface area contributed by atoms with Gasteiger partial charge >= 0.3 is 5.97 Å². The minimum atomic E-state index is -0.987. The van der Waals surface area contributed by atoms with E-state index in [0.29, 0.717) is 17.2 Å². The number of nitrogens with one attached hydrogen (secondary N) is 1. The first-order chi connectivity index (χ1) is 17.5. The molecule has 4 aromatic rings. The number of benzene rings is 2. The molecular weight excluding hydrogens is 472 g/mol. The minimum Gasteiger partial charge on any atom is -0.449 e. The number of para-hydroxylation sites is 1. The van der Waals surface area contributed by atoms with Crippen LogP contribution in [0.3, 0.4) is 0 Å². The van der Waals surface area contributed by atoms with Gasteiger partial charge in [0.05, 0.1) is 16.8 Å². The van der Waals surface area contributed by atoms with Gasteiger partial charge in [0.2, 0.25) is 0 Å². The summed E-state index contributed by atoms with van der Waals surface area (Å²) in [6.45, 7) is 6.25. The molecule has 1 atom stereocenters. The Balaban J connectivity index is 1.35. The van der Waals surface area contributed by atoms with Gasteiger partial charge in [0.15, 0.2) is 11.2 Å². The fourth-order valence-corrected chi connectivity index (χ4v) is 5.26. The molecule has 1 amide bonds. The largest absolute Gasteiger partial charge is 0.449 e. The van der Waals surface area contributed by atoms with E-state index in [4.69, 9.17) is 9.72 Å². The Hall–Kier alpha value is -3.62. The Morgan fingerprint density at radius 2 is 1.89 bits per heavy atom. The van der Waals surface area contributed by atoms with Crippen molar-refractivity contribution in [2.45, 2.75) is 39.3 Å². The molecule has 0 radical (unpaired) electrons. The molecule has 2 aromatic carbocycles. The molecule has 3 heterocycles. The molecule has 1 N–H and O–H groups in total. The van der Waals surface area contributed by atoms with Gasteiger partial charge in [-0.1, -0.05) is 55.5 Å². The quantitative estimate of drug-likeness (QED) is 0.346. The fraction of sp³-hybridized carbons (Fsp3) is 0.286. The molecular formula is C28H28N4O3S. The Morgan fingerprint density at radius 1 is 1.11 bits per heavy atom. The number of ether oxygens (including phenoxy) is 1.